The quantitative estimate of drug-likeness (QED) is 0.754. The lowest BCUT2D eigenvalue weighted by Crippen LogP contribution is -2.48. The minimum absolute atomic E-state index is 0.130. The van der Waals surface area contributed by atoms with Crippen LogP contribution in [0.1, 0.15) is 35.7 Å². The van der Waals surface area contributed by atoms with Crippen LogP contribution in [0.15, 0.2) is 53.4 Å². The molecule has 1 atom stereocenters. The number of hydrogen-bond donors (Lipinski definition) is 0. The molecule has 2 heterocycles. The Morgan fingerprint density at radius 3 is 2.63 bits per heavy atom. The van der Waals surface area contributed by atoms with E-state index in [1.165, 1.54) is 4.31 Å². The number of benzene rings is 2. The van der Waals surface area contributed by atoms with E-state index < -0.39 is 15.6 Å². The van der Waals surface area contributed by atoms with E-state index in [9.17, 15) is 13.2 Å². The summed E-state index contributed by atoms with van der Waals surface area (Å²) in [6.07, 6.45) is 1.24. The van der Waals surface area contributed by atoms with Crippen molar-refractivity contribution in [3.05, 3.63) is 59.7 Å². The van der Waals surface area contributed by atoms with Gasteiger partial charge in [-0.25, -0.2) is 13.2 Å². The third-order valence-corrected chi connectivity index (χ3v) is 6.98. The number of fused-ring (bicyclic) bond motifs is 2. The summed E-state index contributed by atoms with van der Waals surface area (Å²) in [7, 11) is -3.69. The lowest BCUT2D eigenvalue weighted by Gasteiger charge is -2.38. The van der Waals surface area contributed by atoms with Crippen LogP contribution in [0.3, 0.4) is 0 Å². The molecule has 142 valence electrons. The summed E-state index contributed by atoms with van der Waals surface area (Å²) in [5, 5.41) is 0. The molecule has 0 bridgehead atoms. The SMILES string of the molecule is CCOc1ccc(S(=O)(=O)N2CCCC3(C2)OC(=O)c2ccccc23)cc1. The zero-order chi connectivity index (χ0) is 19.1. The molecule has 2 aromatic carbocycles. The third-order valence-electron chi connectivity index (χ3n) is 5.12. The van der Waals surface area contributed by atoms with Crippen LogP contribution >= 0.6 is 0 Å². The molecular weight excluding hydrogens is 366 g/mol. The van der Waals surface area contributed by atoms with Gasteiger partial charge in [0.1, 0.15) is 5.75 Å². The molecule has 2 aromatic rings. The first-order chi connectivity index (χ1) is 13.0. The molecule has 0 aliphatic carbocycles. The lowest BCUT2D eigenvalue weighted by molar-refractivity contribution is -0.0345. The Kier molecular flexibility index (Phi) is 4.44. The molecular formula is C20H21NO5S. The number of ether oxygens (including phenoxy) is 2. The Bertz CT molecular complexity index is 970. The van der Waals surface area contributed by atoms with Crippen LogP contribution in [-0.2, 0) is 20.4 Å². The second-order valence-electron chi connectivity index (χ2n) is 6.78. The molecule has 0 amide bonds. The average Bonchev–Trinajstić information content (AvgIpc) is 2.94. The van der Waals surface area contributed by atoms with E-state index in [1.807, 2.05) is 19.1 Å². The standard InChI is InChI=1S/C20H21NO5S/c1-2-25-15-8-10-16(11-9-15)27(23,24)21-13-5-12-20(14-21)18-7-4-3-6-17(18)19(22)26-20/h3-4,6-11H,2,5,12-14H2,1H3. The number of carbonyl (C=O) groups excluding carboxylic acids is 1. The van der Waals surface area contributed by atoms with Gasteiger partial charge in [0.25, 0.3) is 0 Å². The smallest absolute Gasteiger partial charge is 0.339 e. The molecule has 1 saturated heterocycles. The topological polar surface area (TPSA) is 72.9 Å². The molecule has 27 heavy (non-hydrogen) atoms. The van der Waals surface area contributed by atoms with Crippen LogP contribution in [-0.4, -0.2) is 38.4 Å². The highest BCUT2D eigenvalue weighted by Gasteiger charge is 2.50. The third kappa shape index (κ3) is 3.00. The number of esters is 1. The number of piperidine rings is 1. The van der Waals surface area contributed by atoms with Gasteiger partial charge in [-0.05, 0) is 50.1 Å². The second kappa shape index (κ2) is 6.65. The molecule has 1 unspecified atom stereocenters. The van der Waals surface area contributed by atoms with E-state index in [0.717, 1.165) is 5.56 Å². The summed E-state index contributed by atoms with van der Waals surface area (Å²) in [5.74, 6) is 0.246. The highest BCUT2D eigenvalue weighted by atomic mass is 32.2. The Hall–Kier alpha value is -2.38. The van der Waals surface area contributed by atoms with E-state index in [1.54, 1.807) is 36.4 Å². The number of rotatable bonds is 4. The molecule has 0 saturated carbocycles. The van der Waals surface area contributed by atoms with Crippen molar-refractivity contribution in [2.75, 3.05) is 19.7 Å². The van der Waals surface area contributed by atoms with Crippen LogP contribution in [0.2, 0.25) is 0 Å². The van der Waals surface area contributed by atoms with Gasteiger partial charge in [-0.3, -0.25) is 0 Å². The fourth-order valence-electron chi connectivity index (χ4n) is 3.86. The lowest BCUT2D eigenvalue weighted by atomic mass is 9.86. The Morgan fingerprint density at radius 2 is 1.89 bits per heavy atom. The summed E-state index contributed by atoms with van der Waals surface area (Å²) in [4.78, 5) is 12.5. The monoisotopic (exact) mass is 387 g/mol. The van der Waals surface area contributed by atoms with Gasteiger partial charge in [-0.15, -0.1) is 0 Å². The van der Waals surface area contributed by atoms with Crippen molar-refractivity contribution in [3.8, 4) is 5.75 Å². The van der Waals surface area contributed by atoms with E-state index in [-0.39, 0.29) is 17.4 Å². The Balaban J connectivity index is 1.64. The Labute approximate surface area is 158 Å². The van der Waals surface area contributed by atoms with Gasteiger partial charge in [0.2, 0.25) is 10.0 Å². The highest BCUT2D eigenvalue weighted by Crippen LogP contribution is 2.43. The molecule has 7 heteroatoms. The summed E-state index contributed by atoms with van der Waals surface area (Å²) in [6, 6.07) is 13.6. The van der Waals surface area contributed by atoms with Crippen molar-refractivity contribution in [1.82, 2.24) is 4.31 Å². The first kappa shape index (κ1) is 18.0. The summed E-state index contributed by atoms with van der Waals surface area (Å²) in [5.41, 5.74) is 0.406. The highest BCUT2D eigenvalue weighted by molar-refractivity contribution is 7.89. The van der Waals surface area contributed by atoms with Crippen molar-refractivity contribution < 1.29 is 22.7 Å². The van der Waals surface area contributed by atoms with Crippen LogP contribution < -0.4 is 4.74 Å². The van der Waals surface area contributed by atoms with Crippen molar-refractivity contribution in [2.24, 2.45) is 0 Å². The number of sulfonamides is 1. The number of carbonyl (C=O) groups is 1. The molecule has 0 N–H and O–H groups in total. The van der Waals surface area contributed by atoms with Crippen molar-refractivity contribution >= 4 is 16.0 Å². The van der Waals surface area contributed by atoms with Crippen molar-refractivity contribution in [2.45, 2.75) is 30.3 Å². The Morgan fingerprint density at radius 1 is 1.15 bits per heavy atom. The fraction of sp³-hybridized carbons (Fsp3) is 0.350. The second-order valence-corrected chi connectivity index (χ2v) is 8.71. The van der Waals surface area contributed by atoms with Crippen LogP contribution in [0, 0.1) is 0 Å². The van der Waals surface area contributed by atoms with Crippen molar-refractivity contribution in [3.63, 3.8) is 0 Å². The molecule has 1 spiro atoms. The normalized spacial score (nSPS) is 22.5. The van der Waals surface area contributed by atoms with Gasteiger partial charge >= 0.3 is 5.97 Å². The molecule has 2 aliphatic heterocycles. The first-order valence-corrected chi connectivity index (χ1v) is 10.5. The maximum absolute atomic E-state index is 13.1. The molecule has 0 aromatic heterocycles. The van der Waals surface area contributed by atoms with Crippen LogP contribution in [0.5, 0.6) is 5.75 Å². The van der Waals surface area contributed by atoms with E-state index >= 15 is 0 Å². The van der Waals surface area contributed by atoms with Gasteiger partial charge in [0.15, 0.2) is 5.60 Å². The maximum atomic E-state index is 13.1. The van der Waals surface area contributed by atoms with Crippen LogP contribution in [0.25, 0.3) is 0 Å². The first-order valence-electron chi connectivity index (χ1n) is 9.02. The summed E-state index contributed by atoms with van der Waals surface area (Å²) >= 11 is 0. The van der Waals surface area contributed by atoms with Gasteiger partial charge < -0.3 is 9.47 Å². The summed E-state index contributed by atoms with van der Waals surface area (Å²) < 4.78 is 38.8. The zero-order valence-electron chi connectivity index (χ0n) is 15.1. The van der Waals surface area contributed by atoms with E-state index in [2.05, 4.69) is 0 Å². The van der Waals surface area contributed by atoms with Gasteiger partial charge in [0, 0.05) is 12.1 Å². The van der Waals surface area contributed by atoms with Crippen molar-refractivity contribution in [1.29, 1.82) is 0 Å². The average molecular weight is 387 g/mol. The van der Waals surface area contributed by atoms with Gasteiger partial charge in [-0.1, -0.05) is 18.2 Å². The maximum Gasteiger partial charge on any atom is 0.339 e. The number of hydrogen-bond acceptors (Lipinski definition) is 5. The fourth-order valence-corrected chi connectivity index (χ4v) is 5.39. The molecule has 6 nitrogen and oxygen atoms in total. The minimum atomic E-state index is -3.69. The molecule has 4 rings (SSSR count). The number of nitrogens with zero attached hydrogens (tertiary/aromatic N) is 1. The molecule has 0 radical (unpaired) electrons. The molecule has 2 aliphatic rings. The van der Waals surface area contributed by atoms with Gasteiger partial charge in [-0.2, -0.15) is 4.31 Å². The zero-order valence-corrected chi connectivity index (χ0v) is 15.9. The van der Waals surface area contributed by atoms with E-state index in [0.29, 0.717) is 37.3 Å². The predicted molar refractivity (Wildman–Crippen MR) is 99.1 cm³/mol. The van der Waals surface area contributed by atoms with Gasteiger partial charge in [0.05, 0.1) is 23.6 Å². The minimum Gasteiger partial charge on any atom is -0.494 e. The predicted octanol–water partition coefficient (Wildman–Crippen LogP) is 2.94. The van der Waals surface area contributed by atoms with Crippen LogP contribution in [0.4, 0.5) is 0 Å². The summed E-state index contributed by atoms with van der Waals surface area (Å²) in [6.45, 7) is 2.92. The van der Waals surface area contributed by atoms with E-state index in [4.69, 9.17) is 9.47 Å². The molecule has 1 fully saturated rings. The largest absolute Gasteiger partial charge is 0.494 e.